The van der Waals surface area contributed by atoms with Gasteiger partial charge in [-0.3, -0.25) is 16.3 Å². The Morgan fingerprint density at radius 1 is 0.709 bits per heavy atom. The molecule has 55 heavy (non-hydrogen) atoms. The summed E-state index contributed by atoms with van der Waals surface area (Å²) in [4.78, 5) is 9.44. The van der Waals surface area contributed by atoms with E-state index in [-0.39, 0.29) is 25.7 Å². The maximum Gasteiger partial charge on any atom is 0.0774 e. The fraction of sp³-hybridized carbons (Fsp3) is 0.102. The van der Waals surface area contributed by atoms with Gasteiger partial charge in [-0.15, -0.1) is 47.3 Å². The molecule has 9 aromatic rings. The number of nitrogens with zero attached hydrogens (tertiary/aromatic N) is 3. The fourth-order valence-corrected chi connectivity index (χ4v) is 8.81. The van der Waals surface area contributed by atoms with E-state index in [4.69, 9.17) is 9.10 Å². The number of fused-ring (bicyclic) bond motifs is 2. The Bertz CT molecular complexity index is 2750. The van der Waals surface area contributed by atoms with Crippen molar-refractivity contribution in [1.29, 1.82) is 0 Å². The van der Waals surface area contributed by atoms with Crippen molar-refractivity contribution in [3.8, 4) is 50.6 Å². The first-order valence-corrected chi connectivity index (χ1v) is 22.4. The van der Waals surface area contributed by atoms with E-state index in [0.717, 1.165) is 39.4 Å². The zero-order valence-corrected chi connectivity index (χ0v) is 35.3. The number of aromatic nitrogens is 3. The maximum absolute atomic E-state index is 7.23. The molecule has 0 fully saturated rings. The van der Waals surface area contributed by atoms with E-state index in [2.05, 4.69) is 163 Å². The molecular formula is C49H41IrN3SSi-2. The number of para-hydroxylation sites is 2. The summed E-state index contributed by atoms with van der Waals surface area (Å²) >= 11 is 1.68. The van der Waals surface area contributed by atoms with Gasteiger partial charge in [0.15, 0.2) is 0 Å². The minimum atomic E-state index is -2.09. The van der Waals surface area contributed by atoms with Crippen molar-refractivity contribution in [2.45, 2.75) is 33.4 Å². The number of imidazole rings is 1. The first kappa shape index (κ1) is 34.3. The van der Waals surface area contributed by atoms with Crippen molar-refractivity contribution in [2.75, 3.05) is 0 Å². The average Bonchev–Trinajstić information content (AvgIpc) is 3.82. The third-order valence-electron chi connectivity index (χ3n) is 9.56. The van der Waals surface area contributed by atoms with Crippen molar-refractivity contribution in [3.05, 3.63) is 180 Å². The Kier molecular flexibility index (Phi) is 10.1. The molecule has 0 N–H and O–H groups in total. The van der Waals surface area contributed by atoms with Gasteiger partial charge in [0, 0.05) is 41.5 Å². The Labute approximate surface area is 347 Å². The second-order valence-corrected chi connectivity index (χ2v) is 20.4. The van der Waals surface area contributed by atoms with Crippen LogP contribution in [0.25, 0.3) is 71.7 Å². The van der Waals surface area contributed by atoms with E-state index >= 15 is 0 Å². The molecule has 0 aliphatic rings. The van der Waals surface area contributed by atoms with Gasteiger partial charge in [-0.25, -0.2) is 0 Å². The standard InChI is InChI=1S/C37H31N2SSi.C12H10N.Ir/c1-25-21-29(26-13-7-5-8-14-26)36(30(22-25)27-15-9-6-10-16-27)39-34-18-12-11-17-33(34)38-37(39)32-24-40-35-20-19-28(23-31(32)35)41(2,3)4;1-10-7-8-12(13-9-10)11-5-3-2-4-6-11;/h5-23H,1-4H3;2-5,7-9H,1H3;/q2*-1;/i;1D3;. The molecule has 273 valence electrons. The van der Waals surface area contributed by atoms with Gasteiger partial charge in [0.05, 0.1) is 30.6 Å². The molecule has 6 aromatic carbocycles. The van der Waals surface area contributed by atoms with E-state index in [1.54, 1.807) is 29.5 Å². The van der Waals surface area contributed by atoms with Gasteiger partial charge in [0.25, 0.3) is 0 Å². The van der Waals surface area contributed by atoms with Crippen LogP contribution in [0, 0.1) is 25.2 Å². The summed E-state index contributed by atoms with van der Waals surface area (Å²) in [5.41, 5.74) is 12.1. The monoisotopic (exact) mass is 927 g/mol. The number of hydrogen-bond acceptors (Lipinski definition) is 3. The summed E-state index contributed by atoms with van der Waals surface area (Å²) < 4.78 is 25.3. The molecule has 0 bridgehead atoms. The van der Waals surface area contributed by atoms with Crippen LogP contribution >= 0.6 is 11.3 Å². The van der Waals surface area contributed by atoms with Crippen molar-refractivity contribution in [1.82, 2.24) is 14.5 Å². The minimum absolute atomic E-state index is 0. The number of thiophene rings is 1. The summed E-state index contributed by atoms with van der Waals surface area (Å²) in [7, 11) is -1.51. The summed E-state index contributed by atoms with van der Waals surface area (Å²) in [5, 5.41) is 6.37. The summed E-state index contributed by atoms with van der Waals surface area (Å²) in [6.07, 6.45) is 1.39. The van der Waals surface area contributed by atoms with Crippen LogP contribution in [0.2, 0.25) is 19.6 Å². The van der Waals surface area contributed by atoms with Crippen molar-refractivity contribution in [3.63, 3.8) is 0 Å². The van der Waals surface area contributed by atoms with Gasteiger partial charge in [-0.05, 0) is 66.0 Å². The summed E-state index contributed by atoms with van der Waals surface area (Å²) in [6, 6.07) is 55.4. The fourth-order valence-electron chi connectivity index (χ4n) is 6.83. The number of aryl methyl sites for hydroxylation is 2. The van der Waals surface area contributed by atoms with E-state index in [0.29, 0.717) is 0 Å². The van der Waals surface area contributed by atoms with Gasteiger partial charge in [0.2, 0.25) is 0 Å². The molecule has 0 saturated heterocycles. The molecule has 0 atom stereocenters. The molecule has 0 saturated carbocycles. The third kappa shape index (κ3) is 7.96. The Balaban J connectivity index is 0.000000254. The van der Waals surface area contributed by atoms with Crippen LogP contribution in [0.15, 0.2) is 158 Å². The molecule has 0 aliphatic heterocycles. The second kappa shape index (κ2) is 16.2. The van der Waals surface area contributed by atoms with E-state index in [9.17, 15) is 0 Å². The molecule has 0 unspecified atom stereocenters. The van der Waals surface area contributed by atoms with Gasteiger partial charge in [-0.2, -0.15) is 0 Å². The Morgan fingerprint density at radius 3 is 2.00 bits per heavy atom. The van der Waals surface area contributed by atoms with Crippen LogP contribution in [0.4, 0.5) is 0 Å². The first-order valence-electron chi connectivity index (χ1n) is 19.6. The van der Waals surface area contributed by atoms with Crippen molar-refractivity contribution >= 4 is 45.7 Å². The van der Waals surface area contributed by atoms with Gasteiger partial charge < -0.3 is 9.55 Å². The average molecular weight is 927 g/mol. The minimum Gasteiger partial charge on any atom is -0.332 e. The van der Waals surface area contributed by atoms with Crippen LogP contribution in [0.1, 0.15) is 15.2 Å². The summed E-state index contributed by atoms with van der Waals surface area (Å²) in [6.45, 7) is 7.32. The van der Waals surface area contributed by atoms with E-state index in [1.807, 2.05) is 18.2 Å². The summed E-state index contributed by atoms with van der Waals surface area (Å²) in [5.74, 6) is 0.934. The van der Waals surface area contributed by atoms with Crippen LogP contribution in [0.3, 0.4) is 0 Å². The topological polar surface area (TPSA) is 30.7 Å². The molecular weight excluding hydrogens is 883 g/mol. The van der Waals surface area contributed by atoms with E-state index in [1.165, 1.54) is 49.3 Å². The molecule has 0 amide bonds. The smallest absolute Gasteiger partial charge is 0.0774 e. The molecule has 0 spiro atoms. The molecule has 0 aliphatic carbocycles. The van der Waals surface area contributed by atoms with Crippen molar-refractivity contribution in [2.24, 2.45) is 0 Å². The molecule has 9 rings (SSSR count). The second-order valence-electron chi connectivity index (χ2n) is 14.4. The number of rotatable bonds is 6. The molecule has 3 nitrogen and oxygen atoms in total. The quantitative estimate of drug-likeness (QED) is 0.123. The molecule has 3 aromatic heterocycles. The number of hydrogen-bond donors (Lipinski definition) is 0. The van der Waals surface area contributed by atoms with Gasteiger partial charge in [-0.1, -0.05) is 138 Å². The SMILES string of the molecule is Cc1cc(-c2ccccc2)c(-n2c(-c3[c-]sc4ccc([Si](C)(C)C)cc34)nc3ccccc32)c(-c2ccccc2)c1.[2H]C([2H])([2H])c1ccc(-c2[c-]cccc2)nc1.[Ir]. The Morgan fingerprint density at radius 2 is 1.38 bits per heavy atom. The van der Waals surface area contributed by atoms with Crippen LogP contribution in [-0.4, -0.2) is 22.6 Å². The van der Waals surface area contributed by atoms with Crippen LogP contribution in [0.5, 0.6) is 0 Å². The number of benzene rings is 6. The zero-order valence-electron chi connectivity index (χ0n) is 34.1. The molecule has 1 radical (unpaired) electrons. The van der Waals surface area contributed by atoms with Crippen molar-refractivity contribution < 1.29 is 24.2 Å². The molecule has 6 heteroatoms. The zero-order chi connectivity index (χ0) is 39.7. The van der Waals surface area contributed by atoms with Crippen LogP contribution < -0.4 is 5.19 Å². The molecule has 3 heterocycles. The number of pyridine rings is 1. The predicted molar refractivity (Wildman–Crippen MR) is 233 cm³/mol. The maximum atomic E-state index is 7.23. The largest absolute Gasteiger partial charge is 0.332 e. The third-order valence-corrected chi connectivity index (χ3v) is 12.5. The van der Waals surface area contributed by atoms with Gasteiger partial charge >= 0.3 is 0 Å². The normalized spacial score (nSPS) is 12.3. The predicted octanol–water partition coefficient (Wildman–Crippen LogP) is 12.7. The first-order chi connectivity index (χ1) is 27.5. The van der Waals surface area contributed by atoms with E-state index < -0.39 is 14.9 Å². The Hall–Kier alpha value is -5.23. The van der Waals surface area contributed by atoms with Crippen LogP contribution in [-0.2, 0) is 20.1 Å². The van der Waals surface area contributed by atoms with Gasteiger partial charge in [0.1, 0.15) is 0 Å².